The Morgan fingerprint density at radius 3 is 2.38 bits per heavy atom. The van der Waals surface area contributed by atoms with Crippen molar-refractivity contribution in [3.05, 3.63) is 71.3 Å². The minimum Gasteiger partial charge on any atom is -0.496 e. The summed E-state index contributed by atoms with van der Waals surface area (Å²) in [6.07, 6.45) is 0. The van der Waals surface area contributed by atoms with E-state index in [1.54, 1.807) is 13.2 Å². The lowest BCUT2D eigenvalue weighted by Crippen LogP contribution is -2.48. The monoisotopic (exact) mass is 438 g/mol. The highest BCUT2D eigenvalue weighted by Crippen LogP contribution is 2.32. The molecule has 2 heterocycles. The molecule has 1 aliphatic heterocycles. The number of nitrogens with zero attached hydrogens (tertiary/aromatic N) is 6. The number of para-hydroxylation sites is 1. The normalized spacial score (nSPS) is 16.8. The number of halogens is 1. The van der Waals surface area contributed by atoms with Crippen molar-refractivity contribution in [3.63, 3.8) is 0 Å². The lowest BCUT2D eigenvalue weighted by Gasteiger charge is -2.39. The minimum atomic E-state index is -0.348. The third-order valence-electron chi connectivity index (χ3n) is 5.93. The third-order valence-corrected chi connectivity index (χ3v) is 5.93. The Morgan fingerprint density at radius 1 is 1.00 bits per heavy atom. The van der Waals surface area contributed by atoms with Gasteiger partial charge in [-0.05, 0) is 43.3 Å². The first-order chi connectivity index (χ1) is 15.4. The Balaban J connectivity index is 1.58. The summed E-state index contributed by atoms with van der Waals surface area (Å²) in [6, 6.07) is 14.7. The van der Waals surface area contributed by atoms with Gasteiger partial charge in [0.1, 0.15) is 17.6 Å². The fourth-order valence-electron chi connectivity index (χ4n) is 4.29. The molecule has 0 spiro atoms. The average Bonchev–Trinajstić information content (AvgIpc) is 3.27. The highest BCUT2D eigenvalue weighted by Gasteiger charge is 2.34. The maximum Gasteiger partial charge on any atom is 0.173 e. The van der Waals surface area contributed by atoms with E-state index >= 15 is 0 Å². The molecule has 3 aromatic rings. The van der Waals surface area contributed by atoms with Gasteiger partial charge in [0.05, 0.1) is 12.6 Å². The lowest BCUT2D eigenvalue weighted by molar-refractivity contribution is 0.0961. The van der Waals surface area contributed by atoms with Crippen LogP contribution in [0, 0.1) is 5.82 Å². The number of piperazine rings is 1. The van der Waals surface area contributed by atoms with Crippen LogP contribution in [0.2, 0.25) is 0 Å². The van der Waals surface area contributed by atoms with Crippen molar-refractivity contribution in [1.82, 2.24) is 30.0 Å². The molecule has 7 nitrogen and oxygen atoms in total. The van der Waals surface area contributed by atoms with Crippen molar-refractivity contribution in [1.29, 1.82) is 0 Å². The van der Waals surface area contributed by atoms with Crippen LogP contribution < -0.4 is 4.74 Å². The number of methoxy groups -OCH3 is 1. The number of benzene rings is 2. The van der Waals surface area contributed by atoms with E-state index in [-0.39, 0.29) is 17.4 Å². The molecule has 2 aromatic carbocycles. The zero-order valence-electron chi connectivity index (χ0n) is 19.2. The Bertz CT molecular complexity index is 1040. The molecule has 8 heteroatoms. The van der Waals surface area contributed by atoms with Gasteiger partial charge < -0.3 is 4.74 Å². The van der Waals surface area contributed by atoms with Crippen molar-refractivity contribution in [2.24, 2.45) is 0 Å². The Hall–Kier alpha value is -2.84. The van der Waals surface area contributed by atoms with Crippen LogP contribution in [-0.4, -0.2) is 63.3 Å². The Kier molecular flexibility index (Phi) is 6.53. The summed E-state index contributed by atoms with van der Waals surface area (Å²) in [6.45, 7) is 10.3. The molecule has 1 aromatic heterocycles. The van der Waals surface area contributed by atoms with Gasteiger partial charge in [0.25, 0.3) is 0 Å². The van der Waals surface area contributed by atoms with E-state index in [1.807, 2.05) is 35.0 Å². The van der Waals surface area contributed by atoms with E-state index in [2.05, 4.69) is 52.2 Å². The second kappa shape index (κ2) is 9.34. The predicted molar refractivity (Wildman–Crippen MR) is 121 cm³/mol. The number of hydrogen-bond donors (Lipinski definition) is 0. The van der Waals surface area contributed by atoms with Gasteiger partial charge >= 0.3 is 0 Å². The van der Waals surface area contributed by atoms with Gasteiger partial charge in [-0.15, -0.1) is 5.10 Å². The van der Waals surface area contributed by atoms with Crippen molar-refractivity contribution in [3.8, 4) is 5.75 Å². The maximum atomic E-state index is 14.9. The van der Waals surface area contributed by atoms with Crippen molar-refractivity contribution < 1.29 is 9.13 Å². The second-order valence-corrected chi connectivity index (χ2v) is 9.17. The van der Waals surface area contributed by atoms with Crippen LogP contribution in [0.3, 0.4) is 0 Å². The third kappa shape index (κ3) is 4.66. The SMILES string of the molecule is COc1ccccc1CN1CCN(C(c2ccccc2F)c2nnnn2C(C)(C)C)CC1. The van der Waals surface area contributed by atoms with Crippen LogP contribution in [0.1, 0.15) is 43.8 Å². The molecule has 4 rings (SSSR count). The molecule has 0 amide bonds. The fourth-order valence-corrected chi connectivity index (χ4v) is 4.29. The first kappa shape index (κ1) is 22.4. The topological polar surface area (TPSA) is 59.3 Å². The first-order valence-corrected chi connectivity index (χ1v) is 11.0. The zero-order valence-corrected chi connectivity index (χ0v) is 19.2. The van der Waals surface area contributed by atoms with Gasteiger partial charge in [0.15, 0.2) is 5.82 Å². The van der Waals surface area contributed by atoms with Crippen molar-refractivity contribution in [2.45, 2.75) is 38.9 Å². The summed E-state index contributed by atoms with van der Waals surface area (Å²) in [5.41, 5.74) is 1.46. The van der Waals surface area contributed by atoms with E-state index in [1.165, 1.54) is 11.6 Å². The molecule has 1 fully saturated rings. The smallest absolute Gasteiger partial charge is 0.173 e. The number of ether oxygens (including phenoxy) is 1. The number of aromatic nitrogens is 4. The molecule has 170 valence electrons. The molecular formula is C24H31FN6O. The van der Waals surface area contributed by atoms with Crippen LogP contribution in [0.15, 0.2) is 48.5 Å². The van der Waals surface area contributed by atoms with E-state index in [4.69, 9.17) is 4.74 Å². The number of tetrazole rings is 1. The van der Waals surface area contributed by atoms with Gasteiger partial charge in [-0.2, -0.15) is 0 Å². The van der Waals surface area contributed by atoms with Crippen LogP contribution in [0.4, 0.5) is 4.39 Å². The van der Waals surface area contributed by atoms with Gasteiger partial charge in [0, 0.05) is 43.9 Å². The summed E-state index contributed by atoms with van der Waals surface area (Å²) in [4.78, 5) is 4.69. The molecular weight excluding hydrogens is 407 g/mol. The number of hydrogen-bond acceptors (Lipinski definition) is 6. The van der Waals surface area contributed by atoms with E-state index in [9.17, 15) is 4.39 Å². The molecule has 0 saturated carbocycles. The molecule has 1 unspecified atom stereocenters. The summed E-state index contributed by atoms with van der Waals surface area (Å²) < 4.78 is 22.3. The fraction of sp³-hybridized carbons (Fsp3) is 0.458. The van der Waals surface area contributed by atoms with Crippen LogP contribution in [-0.2, 0) is 12.1 Å². The van der Waals surface area contributed by atoms with Gasteiger partial charge in [0.2, 0.25) is 0 Å². The molecule has 0 aliphatic carbocycles. The Morgan fingerprint density at radius 2 is 1.69 bits per heavy atom. The van der Waals surface area contributed by atoms with Crippen LogP contribution >= 0.6 is 0 Å². The molecule has 0 radical (unpaired) electrons. The standard InChI is InChI=1S/C24H31FN6O/c1-24(2,3)31-23(26-27-28-31)22(19-10-6-7-11-20(19)25)30-15-13-29(14-16-30)17-18-9-5-8-12-21(18)32-4/h5-12,22H,13-17H2,1-4H3. The molecule has 0 bridgehead atoms. The Labute approximate surface area is 188 Å². The largest absolute Gasteiger partial charge is 0.496 e. The quantitative estimate of drug-likeness (QED) is 0.587. The zero-order chi connectivity index (χ0) is 22.7. The summed E-state index contributed by atoms with van der Waals surface area (Å²) >= 11 is 0. The highest BCUT2D eigenvalue weighted by molar-refractivity contribution is 5.33. The second-order valence-electron chi connectivity index (χ2n) is 9.17. The molecule has 32 heavy (non-hydrogen) atoms. The summed E-state index contributed by atoms with van der Waals surface area (Å²) in [7, 11) is 1.70. The number of rotatable bonds is 6. The van der Waals surface area contributed by atoms with E-state index in [0.29, 0.717) is 11.4 Å². The average molecular weight is 439 g/mol. The molecule has 0 N–H and O–H groups in total. The van der Waals surface area contributed by atoms with Crippen molar-refractivity contribution in [2.75, 3.05) is 33.3 Å². The molecule has 1 atom stereocenters. The van der Waals surface area contributed by atoms with Crippen LogP contribution in [0.5, 0.6) is 5.75 Å². The first-order valence-electron chi connectivity index (χ1n) is 11.0. The highest BCUT2D eigenvalue weighted by atomic mass is 19.1. The van der Waals surface area contributed by atoms with E-state index < -0.39 is 0 Å². The molecule has 1 saturated heterocycles. The minimum absolute atomic E-state index is 0.239. The maximum absolute atomic E-state index is 14.9. The lowest BCUT2D eigenvalue weighted by atomic mass is 10.0. The van der Waals surface area contributed by atoms with Crippen molar-refractivity contribution >= 4 is 0 Å². The summed E-state index contributed by atoms with van der Waals surface area (Å²) in [5.74, 6) is 1.33. The van der Waals surface area contributed by atoms with Gasteiger partial charge in [-0.3, -0.25) is 9.80 Å². The summed E-state index contributed by atoms with van der Waals surface area (Å²) in [5, 5.41) is 12.5. The predicted octanol–water partition coefficient (Wildman–Crippen LogP) is 3.48. The van der Waals surface area contributed by atoms with E-state index in [0.717, 1.165) is 38.5 Å². The van der Waals surface area contributed by atoms with Gasteiger partial charge in [-0.25, -0.2) is 9.07 Å². The van der Waals surface area contributed by atoms with Gasteiger partial charge in [-0.1, -0.05) is 36.4 Å². The van der Waals surface area contributed by atoms with Crippen LogP contribution in [0.25, 0.3) is 0 Å². The molecule has 1 aliphatic rings.